The lowest BCUT2D eigenvalue weighted by atomic mass is 9.96. The predicted molar refractivity (Wildman–Crippen MR) is 170 cm³/mol. The molecule has 2 fully saturated rings. The van der Waals surface area contributed by atoms with Crippen molar-refractivity contribution in [2.24, 2.45) is 0 Å². The van der Waals surface area contributed by atoms with Crippen LogP contribution in [-0.4, -0.2) is 84.3 Å². The van der Waals surface area contributed by atoms with E-state index in [0.29, 0.717) is 33.6 Å². The Bertz CT molecular complexity index is 1400. The Morgan fingerprint density at radius 2 is 1.79 bits per heavy atom. The van der Waals surface area contributed by atoms with E-state index in [2.05, 4.69) is 77.3 Å². The zero-order chi connectivity index (χ0) is 30.0. The highest BCUT2D eigenvalue weighted by atomic mass is 79.9. The van der Waals surface area contributed by atoms with Gasteiger partial charge in [-0.05, 0) is 74.3 Å². The molecule has 1 aromatic heterocycles. The first-order valence-electron chi connectivity index (χ1n) is 14.5. The molecule has 2 aliphatic rings. The number of hydrogen-bond acceptors (Lipinski definition) is 9. The summed E-state index contributed by atoms with van der Waals surface area (Å²) in [4.78, 5) is 16.5. The largest absolute Gasteiger partial charge is 0.494 e. The highest BCUT2D eigenvalue weighted by Gasteiger charge is 2.28. The Morgan fingerprint density at radius 3 is 2.45 bits per heavy atom. The molecule has 11 heteroatoms. The van der Waals surface area contributed by atoms with Gasteiger partial charge in [-0.2, -0.15) is 4.98 Å². The lowest BCUT2D eigenvalue weighted by Gasteiger charge is -2.43. The van der Waals surface area contributed by atoms with E-state index in [4.69, 9.17) is 4.74 Å². The van der Waals surface area contributed by atoms with Crippen molar-refractivity contribution in [3.8, 4) is 5.75 Å². The van der Waals surface area contributed by atoms with Gasteiger partial charge in [0.05, 0.1) is 28.6 Å². The molecule has 0 unspecified atom stereocenters. The van der Waals surface area contributed by atoms with E-state index in [1.807, 2.05) is 0 Å². The van der Waals surface area contributed by atoms with Crippen LogP contribution in [0.2, 0.25) is 0 Å². The molecule has 3 N–H and O–H groups in total. The van der Waals surface area contributed by atoms with Gasteiger partial charge in [0.25, 0.3) is 0 Å². The molecule has 0 bridgehead atoms. The summed E-state index contributed by atoms with van der Waals surface area (Å²) in [5.41, 5.74) is 2.37. The van der Waals surface area contributed by atoms with E-state index in [1.165, 1.54) is 11.8 Å². The third-order valence-corrected chi connectivity index (χ3v) is 8.86. The van der Waals surface area contributed by atoms with Crippen LogP contribution in [0.4, 0.5) is 33.2 Å². The number of aromatic nitrogens is 2. The number of piperidine rings is 1. The maximum atomic E-state index is 14.8. The summed E-state index contributed by atoms with van der Waals surface area (Å²) in [5.74, 6) is 0.880. The molecule has 2 saturated heterocycles. The zero-order valence-corrected chi connectivity index (χ0v) is 26.6. The standard InChI is InChI=1S/C31H41BrFN7O2/c1-20-17-25(27(42-5)18-26(20)40-11-9-21(10-12-40)39-15-13-38(4)14-16-39)35-30-34-19-23(32)29(37-30)36-28-22(31(2,3)41)7-6-8-24(28)33/h6-8,17-19,21,41H,9-16H2,1-5H3,(H2,34,35,36,37). The second-order valence-electron chi connectivity index (χ2n) is 11.8. The zero-order valence-electron chi connectivity index (χ0n) is 25.0. The number of methoxy groups -OCH3 is 1. The van der Waals surface area contributed by atoms with E-state index >= 15 is 0 Å². The maximum Gasteiger partial charge on any atom is 0.229 e. The van der Waals surface area contributed by atoms with Gasteiger partial charge in [0, 0.05) is 68.8 Å². The molecule has 2 aliphatic heterocycles. The number of nitrogens with zero attached hydrogens (tertiary/aromatic N) is 5. The average Bonchev–Trinajstić information content (AvgIpc) is 2.96. The first-order chi connectivity index (χ1) is 20.0. The SMILES string of the molecule is COc1cc(N2CCC(N3CCN(C)CC3)CC2)c(C)cc1Nc1ncc(Br)c(Nc2c(F)cccc2C(C)(C)O)n1. The molecule has 5 rings (SSSR count). The highest BCUT2D eigenvalue weighted by Crippen LogP contribution is 2.37. The molecule has 0 spiro atoms. The Balaban J connectivity index is 1.32. The van der Waals surface area contributed by atoms with E-state index < -0.39 is 11.4 Å². The number of benzene rings is 2. The number of aliphatic hydroxyl groups is 1. The van der Waals surface area contributed by atoms with E-state index in [-0.39, 0.29) is 5.69 Å². The smallest absolute Gasteiger partial charge is 0.229 e. The highest BCUT2D eigenvalue weighted by molar-refractivity contribution is 9.10. The van der Waals surface area contributed by atoms with Crippen LogP contribution < -0.4 is 20.3 Å². The molecule has 42 heavy (non-hydrogen) atoms. The summed E-state index contributed by atoms with van der Waals surface area (Å²) in [6.45, 7) is 12.0. The molecule has 226 valence electrons. The normalized spacial score (nSPS) is 17.4. The van der Waals surface area contributed by atoms with Gasteiger partial charge >= 0.3 is 0 Å². The summed E-state index contributed by atoms with van der Waals surface area (Å²) in [6.07, 6.45) is 3.91. The number of ether oxygens (including phenoxy) is 1. The quantitative estimate of drug-likeness (QED) is 0.290. The Labute approximate surface area is 256 Å². The number of para-hydroxylation sites is 1. The van der Waals surface area contributed by atoms with Crippen molar-refractivity contribution in [1.29, 1.82) is 0 Å². The summed E-state index contributed by atoms with van der Waals surface area (Å²) >= 11 is 3.46. The van der Waals surface area contributed by atoms with Crippen molar-refractivity contribution >= 4 is 44.8 Å². The van der Waals surface area contributed by atoms with Gasteiger partial charge < -0.3 is 30.3 Å². The number of aryl methyl sites for hydroxylation is 1. The van der Waals surface area contributed by atoms with Crippen LogP contribution in [0.25, 0.3) is 0 Å². The second kappa shape index (κ2) is 12.7. The number of halogens is 2. The molecule has 0 saturated carbocycles. The number of likely N-dealkylation sites (N-methyl/N-ethyl adjacent to an activating group) is 1. The number of piperazine rings is 1. The molecule has 0 atom stereocenters. The van der Waals surface area contributed by atoms with E-state index in [9.17, 15) is 9.50 Å². The minimum atomic E-state index is -1.25. The van der Waals surface area contributed by atoms with Crippen molar-refractivity contribution in [3.05, 3.63) is 57.9 Å². The Kier molecular flexibility index (Phi) is 9.22. The summed E-state index contributed by atoms with van der Waals surface area (Å²) in [6, 6.07) is 9.40. The molecule has 3 heterocycles. The summed E-state index contributed by atoms with van der Waals surface area (Å²) in [7, 11) is 3.86. The van der Waals surface area contributed by atoms with Crippen molar-refractivity contribution in [2.45, 2.75) is 45.3 Å². The van der Waals surface area contributed by atoms with E-state index in [0.717, 1.165) is 63.4 Å². The van der Waals surface area contributed by atoms with Gasteiger partial charge in [-0.15, -0.1) is 0 Å². The van der Waals surface area contributed by atoms with Gasteiger partial charge in [-0.25, -0.2) is 9.37 Å². The van der Waals surface area contributed by atoms with Crippen LogP contribution in [0.5, 0.6) is 5.75 Å². The molecule has 0 amide bonds. The fourth-order valence-corrected chi connectivity index (χ4v) is 6.15. The monoisotopic (exact) mass is 641 g/mol. The van der Waals surface area contributed by atoms with Crippen LogP contribution in [0.1, 0.15) is 37.8 Å². The van der Waals surface area contributed by atoms with Gasteiger partial charge in [0.1, 0.15) is 17.4 Å². The molecular weight excluding hydrogens is 601 g/mol. The molecular formula is C31H41BrFN7O2. The predicted octanol–water partition coefficient (Wildman–Crippen LogP) is 5.63. The Hall–Kier alpha value is -2.99. The molecule has 2 aromatic carbocycles. The van der Waals surface area contributed by atoms with Crippen LogP contribution >= 0.6 is 15.9 Å². The van der Waals surface area contributed by atoms with Gasteiger partial charge in [-0.3, -0.25) is 4.90 Å². The van der Waals surface area contributed by atoms with E-state index in [1.54, 1.807) is 39.3 Å². The molecule has 0 radical (unpaired) electrons. The fourth-order valence-electron chi connectivity index (χ4n) is 5.86. The fraction of sp³-hybridized carbons (Fsp3) is 0.484. The average molecular weight is 643 g/mol. The minimum Gasteiger partial charge on any atom is -0.494 e. The van der Waals surface area contributed by atoms with Gasteiger partial charge in [0.2, 0.25) is 5.95 Å². The van der Waals surface area contributed by atoms with Crippen LogP contribution in [-0.2, 0) is 5.60 Å². The molecule has 0 aliphatic carbocycles. The number of anilines is 5. The van der Waals surface area contributed by atoms with Crippen molar-refractivity contribution < 1.29 is 14.2 Å². The molecule has 3 aromatic rings. The summed E-state index contributed by atoms with van der Waals surface area (Å²) in [5, 5.41) is 16.9. The topological polar surface area (TPSA) is 89.0 Å². The lowest BCUT2D eigenvalue weighted by Crippen LogP contribution is -2.52. The van der Waals surface area contributed by atoms with Gasteiger partial charge in [0.15, 0.2) is 0 Å². The Morgan fingerprint density at radius 1 is 1.07 bits per heavy atom. The van der Waals surface area contributed by atoms with Crippen LogP contribution in [0, 0.1) is 12.7 Å². The van der Waals surface area contributed by atoms with Crippen molar-refractivity contribution in [3.63, 3.8) is 0 Å². The minimum absolute atomic E-state index is 0.157. The first-order valence-corrected chi connectivity index (χ1v) is 15.3. The lowest BCUT2D eigenvalue weighted by molar-refractivity contribution is 0.0791. The number of nitrogens with one attached hydrogen (secondary N) is 2. The summed E-state index contributed by atoms with van der Waals surface area (Å²) < 4.78 is 21.2. The maximum absolute atomic E-state index is 14.8. The van der Waals surface area contributed by atoms with Crippen LogP contribution in [0.3, 0.4) is 0 Å². The third-order valence-electron chi connectivity index (χ3n) is 8.28. The number of hydrogen-bond donors (Lipinski definition) is 3. The molecule has 9 nitrogen and oxygen atoms in total. The second-order valence-corrected chi connectivity index (χ2v) is 12.6. The van der Waals surface area contributed by atoms with Crippen molar-refractivity contribution in [1.82, 2.24) is 19.8 Å². The van der Waals surface area contributed by atoms with Crippen LogP contribution in [0.15, 0.2) is 41.0 Å². The first kappa shape index (κ1) is 30.5. The third kappa shape index (κ3) is 6.80. The van der Waals surface area contributed by atoms with Crippen molar-refractivity contribution in [2.75, 3.05) is 69.0 Å². The van der Waals surface area contributed by atoms with Gasteiger partial charge in [-0.1, -0.05) is 12.1 Å². The number of rotatable bonds is 8.